The second-order valence-electron chi connectivity index (χ2n) is 11.5. The molecule has 14 heteroatoms. The van der Waals surface area contributed by atoms with Crippen LogP contribution in [-0.4, -0.2) is 72.2 Å². The van der Waals surface area contributed by atoms with Crippen molar-refractivity contribution < 1.29 is 31.5 Å². The van der Waals surface area contributed by atoms with E-state index in [0.29, 0.717) is 54.7 Å². The van der Waals surface area contributed by atoms with Crippen molar-refractivity contribution in [1.29, 1.82) is 0 Å². The topological polar surface area (TPSA) is 135 Å². The Bertz CT molecular complexity index is 1980. The zero-order valence-corrected chi connectivity index (χ0v) is 26.3. The molecule has 2 fully saturated rings. The normalized spacial score (nSPS) is 15.8. The molecular formula is C33H32F2N6O5S. The van der Waals surface area contributed by atoms with Gasteiger partial charge in [0.15, 0.2) is 5.78 Å². The van der Waals surface area contributed by atoms with Gasteiger partial charge in [-0.2, -0.15) is 0 Å². The summed E-state index contributed by atoms with van der Waals surface area (Å²) in [5, 5.41) is 0.739. The van der Waals surface area contributed by atoms with Gasteiger partial charge in [0.2, 0.25) is 11.8 Å². The van der Waals surface area contributed by atoms with Gasteiger partial charge in [-0.3, -0.25) is 14.3 Å². The maximum Gasteiger partial charge on any atom is 0.264 e. The van der Waals surface area contributed by atoms with Crippen molar-refractivity contribution in [2.24, 2.45) is 0 Å². The quantitative estimate of drug-likeness (QED) is 0.249. The van der Waals surface area contributed by atoms with Crippen molar-refractivity contribution in [2.45, 2.75) is 43.6 Å². The van der Waals surface area contributed by atoms with Gasteiger partial charge in [-0.25, -0.2) is 32.2 Å². The first-order chi connectivity index (χ1) is 22.6. The molecule has 2 aromatic carbocycles. The zero-order chi connectivity index (χ0) is 33.1. The van der Waals surface area contributed by atoms with Crippen LogP contribution in [0.3, 0.4) is 0 Å². The Hall–Kier alpha value is -4.98. The summed E-state index contributed by atoms with van der Waals surface area (Å²) in [6.07, 6.45) is 9.01. The number of nitrogens with zero attached hydrogens (tertiary/aromatic N) is 5. The highest BCUT2D eigenvalue weighted by Gasteiger charge is 2.26. The van der Waals surface area contributed by atoms with E-state index in [4.69, 9.17) is 4.74 Å². The first-order valence-corrected chi connectivity index (χ1v) is 16.7. The molecule has 6 rings (SSSR count). The Kier molecular flexibility index (Phi) is 9.12. The van der Waals surface area contributed by atoms with E-state index in [1.54, 1.807) is 17.2 Å². The molecule has 4 aromatic rings. The molecule has 1 aliphatic carbocycles. The van der Waals surface area contributed by atoms with Crippen LogP contribution in [0.5, 0.6) is 5.88 Å². The van der Waals surface area contributed by atoms with Gasteiger partial charge in [0, 0.05) is 55.5 Å². The smallest absolute Gasteiger partial charge is 0.264 e. The lowest BCUT2D eigenvalue weighted by molar-refractivity contribution is -0.126. The van der Waals surface area contributed by atoms with Gasteiger partial charge in [0.05, 0.1) is 5.52 Å². The molecular weight excluding hydrogens is 630 g/mol. The van der Waals surface area contributed by atoms with Crippen molar-refractivity contribution >= 4 is 44.1 Å². The van der Waals surface area contributed by atoms with Crippen LogP contribution in [0, 0.1) is 11.6 Å². The molecule has 47 heavy (non-hydrogen) atoms. The summed E-state index contributed by atoms with van der Waals surface area (Å²) in [6, 6.07) is 9.35. The number of nitrogens with one attached hydrogen (secondary N) is 1. The third-order valence-electron chi connectivity index (χ3n) is 8.16. The summed E-state index contributed by atoms with van der Waals surface area (Å²) in [5.41, 5.74) is 1.93. The van der Waals surface area contributed by atoms with Crippen molar-refractivity contribution in [3.05, 3.63) is 78.8 Å². The Morgan fingerprint density at radius 2 is 1.70 bits per heavy atom. The Morgan fingerprint density at radius 3 is 2.43 bits per heavy atom. The first-order valence-electron chi connectivity index (χ1n) is 15.2. The van der Waals surface area contributed by atoms with E-state index in [0.717, 1.165) is 43.2 Å². The molecule has 0 spiro atoms. The fourth-order valence-corrected chi connectivity index (χ4v) is 6.85. The van der Waals surface area contributed by atoms with E-state index < -0.39 is 26.6 Å². The van der Waals surface area contributed by atoms with E-state index >= 15 is 0 Å². The van der Waals surface area contributed by atoms with E-state index in [2.05, 4.69) is 24.6 Å². The van der Waals surface area contributed by atoms with Gasteiger partial charge in [0.25, 0.3) is 10.0 Å². The number of sulfonamides is 1. The second kappa shape index (κ2) is 13.4. The number of amides is 1. The molecule has 0 atom stereocenters. The average molecular weight is 663 g/mol. The van der Waals surface area contributed by atoms with Gasteiger partial charge >= 0.3 is 0 Å². The van der Waals surface area contributed by atoms with Crippen LogP contribution in [0.4, 0.5) is 20.3 Å². The number of halogens is 2. The Labute approximate surface area is 270 Å². The predicted molar refractivity (Wildman–Crippen MR) is 171 cm³/mol. The molecule has 1 saturated carbocycles. The number of benzene rings is 2. The summed E-state index contributed by atoms with van der Waals surface area (Å²) in [4.78, 5) is 40.1. The number of ketones is 1. The average Bonchev–Trinajstić information content (AvgIpc) is 3.57. The summed E-state index contributed by atoms with van der Waals surface area (Å²) in [7, 11) is -4.48. The van der Waals surface area contributed by atoms with Crippen LogP contribution in [0.2, 0.25) is 0 Å². The van der Waals surface area contributed by atoms with Gasteiger partial charge in [0.1, 0.15) is 40.5 Å². The summed E-state index contributed by atoms with van der Waals surface area (Å²) < 4.78 is 63.1. The molecule has 1 saturated heterocycles. The molecule has 0 unspecified atom stereocenters. The fraction of sp³-hybridized carbons (Fsp3) is 0.303. The van der Waals surface area contributed by atoms with E-state index in [1.807, 2.05) is 18.2 Å². The number of allylic oxidation sites excluding steroid dienone is 1. The molecule has 0 bridgehead atoms. The number of piperazine rings is 1. The maximum atomic E-state index is 14.5. The van der Waals surface area contributed by atoms with Crippen LogP contribution >= 0.6 is 0 Å². The highest BCUT2D eigenvalue weighted by atomic mass is 32.2. The number of anilines is 2. The largest absolute Gasteiger partial charge is 0.473 e. The van der Waals surface area contributed by atoms with Gasteiger partial charge in [-0.05, 0) is 74.6 Å². The van der Waals surface area contributed by atoms with Crippen LogP contribution in [0.25, 0.3) is 22.0 Å². The van der Waals surface area contributed by atoms with Crippen LogP contribution in [0.1, 0.15) is 32.6 Å². The predicted octanol–water partition coefficient (Wildman–Crippen LogP) is 4.89. The van der Waals surface area contributed by atoms with E-state index in [9.17, 15) is 26.8 Å². The lowest BCUT2D eigenvalue weighted by Crippen LogP contribution is -2.48. The van der Waals surface area contributed by atoms with Crippen LogP contribution in [-0.2, 0) is 19.6 Å². The lowest BCUT2D eigenvalue weighted by atomic mass is 10.0. The van der Waals surface area contributed by atoms with Crippen molar-refractivity contribution in [1.82, 2.24) is 19.9 Å². The maximum absolute atomic E-state index is 14.5. The Balaban J connectivity index is 1.31. The number of ether oxygens (including phenoxy) is 1. The molecule has 2 aromatic heterocycles. The van der Waals surface area contributed by atoms with Crippen molar-refractivity contribution in [2.75, 3.05) is 35.8 Å². The molecule has 2 aliphatic rings. The standard InChI is InChI=1S/C33H32F2N6O5S/c1-21(42)6-11-31(43)40-12-14-41(15-13-40)32-26-16-22(7-9-28(26)37-20-38-32)23-17-29(33(36-19-23)46-25-4-2-3-5-25)39-47(44,45)30-10-8-24(34)18-27(30)35/h6-11,16-20,25,39H,2-5,12-15H2,1H3/b11-6+. The molecule has 1 N–H and O–H groups in total. The second-order valence-corrected chi connectivity index (χ2v) is 13.1. The third-order valence-corrected chi connectivity index (χ3v) is 9.56. The first kappa shape index (κ1) is 32.0. The van der Waals surface area contributed by atoms with E-state index in [1.165, 1.54) is 25.4 Å². The zero-order valence-electron chi connectivity index (χ0n) is 25.5. The number of carbonyl (C=O) groups is 2. The third kappa shape index (κ3) is 7.22. The SMILES string of the molecule is CC(=O)/C=C/C(=O)N1CCN(c2ncnc3ccc(-c4cnc(OC5CCCC5)c(NS(=O)(=O)c5ccc(F)cc5F)c4)cc23)CC1. The molecule has 244 valence electrons. The number of rotatable bonds is 9. The van der Waals surface area contributed by atoms with Crippen molar-refractivity contribution in [3.8, 4) is 17.0 Å². The summed E-state index contributed by atoms with van der Waals surface area (Å²) in [5.74, 6) is -1.81. The molecule has 11 nitrogen and oxygen atoms in total. The number of aromatic nitrogens is 3. The number of carbonyl (C=O) groups excluding carboxylic acids is 2. The van der Waals surface area contributed by atoms with Gasteiger partial charge < -0.3 is 14.5 Å². The van der Waals surface area contributed by atoms with Crippen LogP contribution < -0.4 is 14.4 Å². The van der Waals surface area contributed by atoms with Gasteiger partial charge in [-0.1, -0.05) is 6.07 Å². The minimum Gasteiger partial charge on any atom is -0.473 e. The fourth-order valence-electron chi connectivity index (χ4n) is 5.74. The highest BCUT2D eigenvalue weighted by molar-refractivity contribution is 7.92. The molecule has 1 aliphatic heterocycles. The van der Waals surface area contributed by atoms with Crippen LogP contribution in [0.15, 0.2) is 72.0 Å². The number of fused-ring (bicyclic) bond motifs is 1. The Morgan fingerprint density at radius 1 is 0.936 bits per heavy atom. The molecule has 0 radical (unpaired) electrons. The summed E-state index contributed by atoms with van der Waals surface area (Å²) >= 11 is 0. The van der Waals surface area contributed by atoms with Gasteiger partial charge in [-0.15, -0.1) is 0 Å². The van der Waals surface area contributed by atoms with E-state index in [-0.39, 0.29) is 29.4 Å². The van der Waals surface area contributed by atoms with Crippen molar-refractivity contribution in [3.63, 3.8) is 0 Å². The molecule has 1 amide bonds. The number of hydrogen-bond donors (Lipinski definition) is 1. The summed E-state index contributed by atoms with van der Waals surface area (Å²) in [6.45, 7) is 3.29. The number of pyridine rings is 1. The number of hydrogen-bond acceptors (Lipinski definition) is 9. The highest BCUT2D eigenvalue weighted by Crippen LogP contribution is 2.35. The monoisotopic (exact) mass is 662 g/mol. The lowest BCUT2D eigenvalue weighted by Gasteiger charge is -2.35. The minimum absolute atomic E-state index is 0.0161. The minimum atomic E-state index is -4.48. The molecule has 3 heterocycles.